The fourth-order valence-corrected chi connectivity index (χ4v) is 8.84. The molecule has 2 amide bonds. The molecule has 4 heterocycles. The maximum absolute atomic E-state index is 13.3. The molecule has 4 atom stereocenters. The Labute approximate surface area is 318 Å². The molecule has 0 radical (unpaired) electrons. The third kappa shape index (κ3) is 6.46. The predicted octanol–water partition coefficient (Wildman–Crippen LogP) is 9.51. The third-order valence-electron chi connectivity index (χ3n) is 11.9. The standard InChI is InChI=1S/C44H54N6O4/c1-7-10-38(51)49(25(4)9-3)26(5)43-46-40(27-12-13-27)41(47-43)29-14-17-32-30(20-29)23-54-37-22-33-28(21-34(32)37)15-18-35-42(33)48-44(45-35)36-19-16-31(24-53-6)50(36)39(52)11-8-2/h14-15,17-18,20-22,25-27,31,36H,7-13,16,19,23-24H2,1-6H3,(H,45,48)(H,46,47). The molecular formula is C44H54N6O4. The van der Waals surface area contributed by atoms with E-state index in [1.54, 1.807) is 7.11 Å². The number of hydrogen-bond acceptors (Lipinski definition) is 6. The molecule has 0 bridgehead atoms. The minimum Gasteiger partial charge on any atom is -0.488 e. The summed E-state index contributed by atoms with van der Waals surface area (Å²) >= 11 is 0. The summed E-state index contributed by atoms with van der Waals surface area (Å²) in [5.74, 6) is 3.35. The molecule has 8 rings (SSSR count). The highest BCUT2D eigenvalue weighted by Crippen LogP contribution is 2.47. The van der Waals surface area contributed by atoms with Gasteiger partial charge in [0.15, 0.2) is 0 Å². The Morgan fingerprint density at radius 1 is 0.963 bits per heavy atom. The third-order valence-corrected chi connectivity index (χ3v) is 11.9. The van der Waals surface area contributed by atoms with Gasteiger partial charge < -0.3 is 29.2 Å². The second kappa shape index (κ2) is 14.9. The lowest BCUT2D eigenvalue weighted by molar-refractivity contribution is -0.136. The van der Waals surface area contributed by atoms with Gasteiger partial charge in [0.05, 0.1) is 41.5 Å². The van der Waals surface area contributed by atoms with Gasteiger partial charge in [0.25, 0.3) is 0 Å². The Bertz CT molecular complexity index is 2200. The van der Waals surface area contributed by atoms with Gasteiger partial charge in [-0.15, -0.1) is 0 Å². The number of nitrogens with zero attached hydrogens (tertiary/aromatic N) is 4. The number of ether oxygens (including phenoxy) is 2. The number of benzene rings is 3. The van der Waals surface area contributed by atoms with Crippen LogP contribution >= 0.6 is 0 Å². The summed E-state index contributed by atoms with van der Waals surface area (Å²) in [6, 6.07) is 15.2. The van der Waals surface area contributed by atoms with Gasteiger partial charge in [0.2, 0.25) is 11.8 Å². The number of fused-ring (bicyclic) bond motifs is 6. The van der Waals surface area contributed by atoms with Gasteiger partial charge in [-0.3, -0.25) is 9.59 Å². The average molecular weight is 731 g/mol. The Morgan fingerprint density at radius 2 is 1.78 bits per heavy atom. The zero-order chi connectivity index (χ0) is 37.7. The Kier molecular flexibility index (Phi) is 9.98. The molecule has 5 aromatic rings. The van der Waals surface area contributed by atoms with Crippen molar-refractivity contribution in [2.75, 3.05) is 13.7 Å². The van der Waals surface area contributed by atoms with Crippen LogP contribution in [0.3, 0.4) is 0 Å². The van der Waals surface area contributed by atoms with E-state index in [9.17, 15) is 9.59 Å². The smallest absolute Gasteiger partial charge is 0.223 e. The van der Waals surface area contributed by atoms with Crippen molar-refractivity contribution in [3.8, 4) is 28.1 Å². The molecule has 3 aromatic carbocycles. The van der Waals surface area contributed by atoms with Crippen LogP contribution in [-0.2, 0) is 20.9 Å². The molecule has 10 heteroatoms. The van der Waals surface area contributed by atoms with Gasteiger partial charge in [-0.1, -0.05) is 39.0 Å². The maximum atomic E-state index is 13.3. The molecular weight excluding hydrogens is 677 g/mol. The Morgan fingerprint density at radius 3 is 2.52 bits per heavy atom. The van der Waals surface area contributed by atoms with Crippen LogP contribution < -0.4 is 4.74 Å². The van der Waals surface area contributed by atoms with E-state index in [2.05, 4.69) is 80.1 Å². The Balaban J connectivity index is 1.11. The minimum absolute atomic E-state index is 0.0603. The van der Waals surface area contributed by atoms with Crippen molar-refractivity contribution in [2.24, 2.45) is 0 Å². The zero-order valence-corrected chi connectivity index (χ0v) is 32.6. The number of H-pyrrole nitrogens is 2. The van der Waals surface area contributed by atoms with Crippen LogP contribution in [0.2, 0.25) is 0 Å². The van der Waals surface area contributed by atoms with Crippen LogP contribution in [0, 0.1) is 0 Å². The van der Waals surface area contributed by atoms with Crippen molar-refractivity contribution in [3.63, 3.8) is 0 Å². The fourth-order valence-electron chi connectivity index (χ4n) is 8.84. The number of nitrogens with one attached hydrogen (secondary N) is 2. The summed E-state index contributed by atoms with van der Waals surface area (Å²) in [7, 11) is 1.70. The molecule has 2 fully saturated rings. The zero-order valence-electron chi connectivity index (χ0n) is 32.6. The lowest BCUT2D eigenvalue weighted by Crippen LogP contribution is -2.40. The lowest BCUT2D eigenvalue weighted by atomic mass is 9.92. The fraction of sp³-hybridized carbons (Fsp3) is 0.500. The van der Waals surface area contributed by atoms with E-state index in [4.69, 9.17) is 19.4 Å². The molecule has 2 aromatic heterocycles. The molecule has 1 saturated carbocycles. The summed E-state index contributed by atoms with van der Waals surface area (Å²) in [5, 5.41) is 2.12. The maximum Gasteiger partial charge on any atom is 0.223 e. The lowest BCUT2D eigenvalue weighted by Gasteiger charge is -2.33. The number of amides is 2. The normalized spacial score (nSPS) is 19.1. The van der Waals surface area contributed by atoms with Gasteiger partial charge in [-0.05, 0) is 99.6 Å². The van der Waals surface area contributed by atoms with Gasteiger partial charge in [-0.2, -0.15) is 0 Å². The van der Waals surface area contributed by atoms with E-state index < -0.39 is 0 Å². The van der Waals surface area contributed by atoms with Crippen LogP contribution in [0.1, 0.15) is 133 Å². The highest BCUT2D eigenvalue weighted by molar-refractivity contribution is 6.07. The monoisotopic (exact) mass is 730 g/mol. The first-order valence-electron chi connectivity index (χ1n) is 20.2. The van der Waals surface area contributed by atoms with Crippen LogP contribution in [0.4, 0.5) is 0 Å². The number of carbonyl (C=O) groups excluding carboxylic acids is 2. The first-order chi connectivity index (χ1) is 26.2. The van der Waals surface area contributed by atoms with Crippen LogP contribution in [-0.4, -0.2) is 67.4 Å². The summed E-state index contributed by atoms with van der Waals surface area (Å²) in [4.78, 5) is 48.2. The first-order valence-corrected chi connectivity index (χ1v) is 20.2. The minimum atomic E-state index is -0.142. The predicted molar refractivity (Wildman–Crippen MR) is 212 cm³/mol. The van der Waals surface area contributed by atoms with E-state index in [1.165, 1.54) is 5.69 Å². The number of likely N-dealkylation sites (tertiary alicyclic amines) is 1. The molecule has 284 valence electrons. The molecule has 54 heavy (non-hydrogen) atoms. The van der Waals surface area contributed by atoms with Crippen LogP contribution in [0.15, 0.2) is 42.5 Å². The average Bonchev–Trinajstić information content (AvgIpc) is 3.56. The summed E-state index contributed by atoms with van der Waals surface area (Å²) in [6.07, 6.45) is 7.66. The summed E-state index contributed by atoms with van der Waals surface area (Å²) < 4.78 is 12.0. The molecule has 1 saturated heterocycles. The molecule has 4 unspecified atom stereocenters. The topological polar surface area (TPSA) is 116 Å². The molecule has 10 nitrogen and oxygen atoms in total. The van der Waals surface area contributed by atoms with E-state index in [1.807, 2.05) is 16.7 Å². The number of rotatable bonds is 13. The van der Waals surface area contributed by atoms with E-state index in [0.29, 0.717) is 32.0 Å². The second-order valence-electron chi connectivity index (χ2n) is 15.7. The van der Waals surface area contributed by atoms with Crippen molar-refractivity contribution in [3.05, 3.63) is 65.4 Å². The number of aromatic nitrogens is 4. The molecule has 1 aliphatic carbocycles. The quantitative estimate of drug-likeness (QED) is 0.125. The number of imidazole rings is 2. The highest BCUT2D eigenvalue weighted by Gasteiger charge is 2.39. The molecule has 2 N–H and O–H groups in total. The van der Waals surface area contributed by atoms with Gasteiger partial charge in [0, 0.05) is 54.1 Å². The SMILES string of the molecule is CCCC(=O)N(C(C)CC)C(C)c1nc(-c2ccc3c(c2)COc2cc4c(ccc5[nH]c(C6CCC(COC)N6C(=O)CCC)nc54)cc2-3)c(C2CC2)[nH]1. The van der Waals surface area contributed by atoms with Crippen molar-refractivity contribution in [2.45, 2.75) is 129 Å². The molecule has 2 aliphatic heterocycles. The summed E-state index contributed by atoms with van der Waals surface area (Å²) in [5.41, 5.74) is 8.45. The van der Waals surface area contributed by atoms with E-state index >= 15 is 0 Å². The highest BCUT2D eigenvalue weighted by atomic mass is 16.5. The molecule has 0 spiro atoms. The number of carbonyl (C=O) groups is 2. The van der Waals surface area contributed by atoms with E-state index in [0.717, 1.165) is 112 Å². The number of hydrogen-bond donors (Lipinski definition) is 2. The van der Waals surface area contributed by atoms with Crippen LogP contribution in [0.25, 0.3) is 44.2 Å². The van der Waals surface area contributed by atoms with Crippen molar-refractivity contribution < 1.29 is 19.1 Å². The Hall–Kier alpha value is -4.70. The van der Waals surface area contributed by atoms with Crippen LogP contribution in [0.5, 0.6) is 5.75 Å². The first kappa shape index (κ1) is 36.3. The van der Waals surface area contributed by atoms with Crippen molar-refractivity contribution in [1.82, 2.24) is 29.7 Å². The number of aromatic amines is 2. The molecule has 3 aliphatic rings. The van der Waals surface area contributed by atoms with Crippen molar-refractivity contribution >= 4 is 33.6 Å². The van der Waals surface area contributed by atoms with E-state index in [-0.39, 0.29) is 36.0 Å². The number of methoxy groups -OCH3 is 1. The summed E-state index contributed by atoms with van der Waals surface area (Å²) in [6.45, 7) is 11.5. The van der Waals surface area contributed by atoms with Gasteiger partial charge in [-0.25, -0.2) is 9.97 Å². The second-order valence-corrected chi connectivity index (χ2v) is 15.7. The van der Waals surface area contributed by atoms with Gasteiger partial charge in [0.1, 0.15) is 24.0 Å². The van der Waals surface area contributed by atoms with Crippen molar-refractivity contribution in [1.29, 1.82) is 0 Å². The van der Waals surface area contributed by atoms with Gasteiger partial charge >= 0.3 is 0 Å². The largest absolute Gasteiger partial charge is 0.488 e.